The molecule has 0 bridgehead atoms. The van der Waals surface area contributed by atoms with Crippen LogP contribution in [0.1, 0.15) is 29.8 Å². The molecule has 7 heteroatoms. The van der Waals surface area contributed by atoms with Crippen molar-refractivity contribution in [3.63, 3.8) is 0 Å². The summed E-state index contributed by atoms with van der Waals surface area (Å²) < 4.78 is 1.88. The Morgan fingerprint density at radius 1 is 1.14 bits per heavy atom. The van der Waals surface area contributed by atoms with E-state index in [0.717, 1.165) is 23.4 Å². The molecular weight excluding hydrogens is 372 g/mol. The Labute approximate surface area is 167 Å². The average Bonchev–Trinajstić information content (AvgIpc) is 3.34. The third kappa shape index (κ3) is 3.45. The Hall–Kier alpha value is -2.93. The van der Waals surface area contributed by atoms with Crippen LogP contribution in [0.2, 0.25) is 0 Å². The average molecular weight is 392 g/mol. The van der Waals surface area contributed by atoms with Gasteiger partial charge in [0.15, 0.2) is 10.9 Å². The molecule has 6 nitrogen and oxygen atoms in total. The monoisotopic (exact) mass is 392 g/mol. The molecule has 3 aromatic rings. The van der Waals surface area contributed by atoms with E-state index in [4.69, 9.17) is 0 Å². The molecule has 1 amide bonds. The Balaban J connectivity index is 1.53. The minimum absolute atomic E-state index is 0.0296. The number of thioether (sulfide) groups is 1. The van der Waals surface area contributed by atoms with Gasteiger partial charge in [-0.2, -0.15) is 0 Å². The van der Waals surface area contributed by atoms with E-state index in [2.05, 4.69) is 10.2 Å². The molecule has 142 valence electrons. The quantitative estimate of drug-likeness (QED) is 0.491. The molecule has 28 heavy (non-hydrogen) atoms. The molecule has 0 saturated carbocycles. The zero-order valence-corrected chi connectivity index (χ0v) is 16.5. The highest BCUT2D eigenvalue weighted by Crippen LogP contribution is 2.31. The van der Waals surface area contributed by atoms with Crippen molar-refractivity contribution in [3.8, 4) is 5.69 Å². The summed E-state index contributed by atoms with van der Waals surface area (Å²) in [5, 5.41) is 8.54. The Morgan fingerprint density at radius 2 is 1.93 bits per heavy atom. The predicted molar refractivity (Wildman–Crippen MR) is 109 cm³/mol. The van der Waals surface area contributed by atoms with Gasteiger partial charge in [0.2, 0.25) is 5.91 Å². The predicted octanol–water partition coefficient (Wildman–Crippen LogP) is 3.54. The van der Waals surface area contributed by atoms with Crippen molar-refractivity contribution in [2.45, 2.75) is 30.7 Å². The highest BCUT2D eigenvalue weighted by molar-refractivity contribution is 8.00. The van der Waals surface area contributed by atoms with Crippen LogP contribution < -0.4 is 4.90 Å². The van der Waals surface area contributed by atoms with E-state index in [-0.39, 0.29) is 16.9 Å². The number of carbonyl (C=O) groups is 2. The first-order valence-corrected chi connectivity index (χ1v) is 10.00. The molecule has 0 fully saturated rings. The van der Waals surface area contributed by atoms with Crippen LogP contribution in [-0.4, -0.2) is 38.2 Å². The molecule has 0 N–H and O–H groups in total. The third-order valence-corrected chi connectivity index (χ3v) is 5.90. The summed E-state index contributed by atoms with van der Waals surface area (Å²) in [6.07, 6.45) is 2.43. The van der Waals surface area contributed by atoms with E-state index in [1.165, 1.54) is 11.8 Å². The number of ketones is 1. The van der Waals surface area contributed by atoms with Crippen LogP contribution in [0.5, 0.6) is 0 Å². The first-order chi connectivity index (χ1) is 13.5. The maximum Gasteiger partial charge on any atom is 0.223 e. The molecule has 1 aliphatic heterocycles. The number of amides is 1. The van der Waals surface area contributed by atoms with Gasteiger partial charge in [-0.3, -0.25) is 14.2 Å². The van der Waals surface area contributed by atoms with Crippen LogP contribution in [-0.2, 0) is 11.2 Å². The third-order valence-electron chi connectivity index (χ3n) is 4.84. The minimum Gasteiger partial charge on any atom is -0.312 e. The van der Waals surface area contributed by atoms with Crippen molar-refractivity contribution < 1.29 is 9.59 Å². The number of aromatic nitrogens is 3. The van der Waals surface area contributed by atoms with E-state index in [9.17, 15) is 9.59 Å². The van der Waals surface area contributed by atoms with Crippen LogP contribution in [0.25, 0.3) is 5.69 Å². The van der Waals surface area contributed by atoms with Crippen LogP contribution in [0.3, 0.4) is 0 Å². The summed E-state index contributed by atoms with van der Waals surface area (Å²) in [7, 11) is 0. The van der Waals surface area contributed by atoms with Crippen LogP contribution in [0.4, 0.5) is 5.69 Å². The molecule has 0 radical (unpaired) electrons. The molecule has 1 aromatic heterocycles. The number of Topliss-reactive ketones (excluding diaryl/α,β-unsaturated/α-hetero) is 1. The topological polar surface area (TPSA) is 68.1 Å². The number of hydrogen-bond acceptors (Lipinski definition) is 5. The van der Waals surface area contributed by atoms with Crippen LogP contribution >= 0.6 is 11.8 Å². The normalized spacial score (nSPS) is 14.0. The molecule has 4 rings (SSSR count). The van der Waals surface area contributed by atoms with Gasteiger partial charge in [-0.1, -0.05) is 30.0 Å². The molecular formula is C21H20N4O2S. The number of rotatable bonds is 5. The summed E-state index contributed by atoms with van der Waals surface area (Å²) >= 11 is 1.39. The van der Waals surface area contributed by atoms with E-state index in [1.54, 1.807) is 24.2 Å². The Bertz CT molecular complexity index is 1030. The molecule has 1 aliphatic rings. The van der Waals surface area contributed by atoms with Crippen molar-refractivity contribution in [2.24, 2.45) is 0 Å². The SMILES string of the molecule is CC(=O)N1CCc2cc(C(=O)C(C)Sc3nncn3-c3ccccc3)ccc21. The lowest BCUT2D eigenvalue weighted by atomic mass is 10.0. The van der Waals surface area contributed by atoms with Crippen LogP contribution in [0.15, 0.2) is 60.0 Å². The first-order valence-electron chi connectivity index (χ1n) is 9.12. The maximum atomic E-state index is 13.0. The first kappa shape index (κ1) is 18.4. The lowest BCUT2D eigenvalue weighted by Gasteiger charge is -2.15. The van der Waals surface area contributed by atoms with Gasteiger partial charge in [0.1, 0.15) is 6.33 Å². The van der Waals surface area contributed by atoms with Crippen molar-refractivity contribution in [1.82, 2.24) is 14.8 Å². The largest absolute Gasteiger partial charge is 0.312 e. The zero-order chi connectivity index (χ0) is 19.7. The van der Waals surface area contributed by atoms with Gasteiger partial charge in [0, 0.05) is 30.4 Å². The summed E-state index contributed by atoms with van der Waals surface area (Å²) in [6, 6.07) is 15.4. The lowest BCUT2D eigenvalue weighted by molar-refractivity contribution is -0.116. The standard InChI is InChI=1S/C21H20N4O2S/c1-14(28-21-23-22-13-25(21)18-6-4-3-5-7-18)20(27)17-8-9-19-16(12-17)10-11-24(19)15(2)26/h3-9,12-14H,10-11H2,1-2H3. The van der Waals surface area contributed by atoms with Gasteiger partial charge in [-0.05, 0) is 49.2 Å². The molecule has 0 saturated heterocycles. The molecule has 1 unspecified atom stereocenters. The van der Waals surface area contributed by atoms with Crippen molar-refractivity contribution in [2.75, 3.05) is 11.4 Å². The number of para-hydroxylation sites is 1. The summed E-state index contributed by atoms with van der Waals surface area (Å²) in [5.41, 5.74) is 3.57. The van der Waals surface area contributed by atoms with E-state index in [1.807, 2.05) is 54.0 Å². The number of anilines is 1. The van der Waals surface area contributed by atoms with Gasteiger partial charge in [-0.15, -0.1) is 10.2 Å². The maximum absolute atomic E-state index is 13.0. The van der Waals surface area contributed by atoms with E-state index >= 15 is 0 Å². The highest BCUT2D eigenvalue weighted by atomic mass is 32.2. The van der Waals surface area contributed by atoms with Crippen LogP contribution in [0, 0.1) is 0 Å². The van der Waals surface area contributed by atoms with Gasteiger partial charge in [0.05, 0.1) is 5.25 Å². The molecule has 1 atom stereocenters. The minimum atomic E-state index is -0.310. The Kier molecular flexibility index (Phi) is 5.00. The second kappa shape index (κ2) is 7.59. The van der Waals surface area contributed by atoms with E-state index < -0.39 is 0 Å². The lowest BCUT2D eigenvalue weighted by Crippen LogP contribution is -2.25. The van der Waals surface area contributed by atoms with Gasteiger partial charge >= 0.3 is 0 Å². The Morgan fingerprint density at radius 3 is 2.68 bits per heavy atom. The van der Waals surface area contributed by atoms with Gasteiger partial charge in [0.25, 0.3) is 0 Å². The number of carbonyl (C=O) groups excluding carboxylic acids is 2. The fourth-order valence-corrected chi connectivity index (χ4v) is 4.32. The number of nitrogens with zero attached hydrogens (tertiary/aromatic N) is 4. The summed E-state index contributed by atoms with van der Waals surface area (Å²) in [5.74, 6) is 0.0682. The van der Waals surface area contributed by atoms with Gasteiger partial charge in [-0.25, -0.2) is 0 Å². The zero-order valence-electron chi connectivity index (χ0n) is 15.7. The number of benzene rings is 2. The summed E-state index contributed by atoms with van der Waals surface area (Å²) in [4.78, 5) is 26.4. The van der Waals surface area contributed by atoms with E-state index in [0.29, 0.717) is 17.3 Å². The van der Waals surface area contributed by atoms with Crippen molar-refractivity contribution in [1.29, 1.82) is 0 Å². The summed E-state index contributed by atoms with van der Waals surface area (Å²) in [6.45, 7) is 4.12. The second-order valence-corrected chi connectivity index (χ2v) is 8.02. The second-order valence-electron chi connectivity index (χ2n) is 6.71. The van der Waals surface area contributed by atoms with Crippen molar-refractivity contribution in [3.05, 3.63) is 66.0 Å². The smallest absolute Gasteiger partial charge is 0.223 e. The fourth-order valence-electron chi connectivity index (χ4n) is 3.40. The molecule has 2 aromatic carbocycles. The number of fused-ring (bicyclic) bond motifs is 1. The van der Waals surface area contributed by atoms with Crippen molar-refractivity contribution >= 4 is 29.1 Å². The molecule has 0 aliphatic carbocycles. The van der Waals surface area contributed by atoms with Gasteiger partial charge < -0.3 is 4.90 Å². The molecule has 0 spiro atoms. The fraction of sp³-hybridized carbons (Fsp3) is 0.238. The highest BCUT2D eigenvalue weighted by Gasteiger charge is 2.25. The molecule has 2 heterocycles. The number of hydrogen-bond donors (Lipinski definition) is 0.